The van der Waals surface area contributed by atoms with Crippen LogP contribution < -0.4 is 0 Å². The Morgan fingerprint density at radius 1 is 0.865 bits per heavy atom. The molecule has 0 aromatic carbocycles. The maximum absolute atomic E-state index is 12.9. The number of aliphatic hydroxyl groups excluding tert-OH is 1. The molecule has 0 aliphatic heterocycles. The fraction of sp³-hybridized carbons (Fsp3) is 0.875. The zero-order valence-electron chi connectivity index (χ0n) is 24.2. The molecule has 0 aromatic rings. The van der Waals surface area contributed by atoms with E-state index >= 15 is 0 Å². The van der Waals surface area contributed by atoms with E-state index in [1.54, 1.807) is 0 Å². The van der Waals surface area contributed by atoms with Gasteiger partial charge in [-0.15, -0.1) is 0 Å². The molecule has 208 valence electrons. The molecule has 11 atom stereocenters. The summed E-state index contributed by atoms with van der Waals surface area (Å²) in [4.78, 5) is 24.8. The molecule has 5 nitrogen and oxygen atoms in total. The maximum Gasteiger partial charge on any atom is 0.312 e. The van der Waals surface area contributed by atoms with Gasteiger partial charge in [0.05, 0.1) is 11.5 Å². The summed E-state index contributed by atoms with van der Waals surface area (Å²) in [6, 6.07) is 0. The minimum absolute atomic E-state index is 0.0272. The highest BCUT2D eigenvalue weighted by atomic mass is 16.5. The Morgan fingerprint density at radius 3 is 2.14 bits per heavy atom. The SMILES string of the molecule is C=C(C)C1CCC2(C(=O)O)C(O)CC3(C)C(CCC4C5(C)CCC(OC(C)=O)C(C)(C)C5CCC43C)C12. The summed E-state index contributed by atoms with van der Waals surface area (Å²) in [6.07, 6.45) is 7.37. The van der Waals surface area contributed by atoms with Crippen molar-refractivity contribution < 1.29 is 24.5 Å². The number of carbonyl (C=O) groups is 2. The second-order valence-electron chi connectivity index (χ2n) is 15.2. The van der Waals surface area contributed by atoms with Crippen molar-refractivity contribution in [1.82, 2.24) is 0 Å². The molecule has 0 amide bonds. The number of rotatable bonds is 3. The Morgan fingerprint density at radius 2 is 1.54 bits per heavy atom. The van der Waals surface area contributed by atoms with E-state index in [1.807, 2.05) is 0 Å². The van der Waals surface area contributed by atoms with Gasteiger partial charge in [-0.3, -0.25) is 9.59 Å². The van der Waals surface area contributed by atoms with Gasteiger partial charge in [0, 0.05) is 12.3 Å². The molecule has 5 fully saturated rings. The van der Waals surface area contributed by atoms with Crippen molar-refractivity contribution in [3.63, 3.8) is 0 Å². The van der Waals surface area contributed by atoms with Gasteiger partial charge in [0.25, 0.3) is 0 Å². The van der Waals surface area contributed by atoms with Crippen LogP contribution in [-0.2, 0) is 14.3 Å². The van der Waals surface area contributed by atoms with Crippen molar-refractivity contribution in [3.8, 4) is 0 Å². The van der Waals surface area contributed by atoms with Crippen LogP contribution in [0.5, 0.6) is 0 Å². The molecule has 5 rings (SSSR count). The van der Waals surface area contributed by atoms with E-state index in [0.29, 0.717) is 24.7 Å². The van der Waals surface area contributed by atoms with Gasteiger partial charge in [-0.25, -0.2) is 0 Å². The van der Waals surface area contributed by atoms with E-state index in [-0.39, 0.29) is 51.5 Å². The quantitative estimate of drug-likeness (QED) is 0.326. The first-order valence-corrected chi connectivity index (χ1v) is 14.8. The molecule has 0 spiro atoms. The highest BCUT2D eigenvalue weighted by Crippen LogP contribution is 2.77. The topological polar surface area (TPSA) is 83.8 Å². The molecule has 5 saturated carbocycles. The van der Waals surface area contributed by atoms with Crippen molar-refractivity contribution in [2.24, 2.45) is 56.7 Å². The Kier molecular flexibility index (Phi) is 6.12. The van der Waals surface area contributed by atoms with Crippen molar-refractivity contribution >= 4 is 11.9 Å². The summed E-state index contributed by atoms with van der Waals surface area (Å²) in [6.45, 7) is 19.9. The van der Waals surface area contributed by atoms with Gasteiger partial charge in [-0.2, -0.15) is 0 Å². The molecule has 5 aliphatic carbocycles. The first-order valence-electron chi connectivity index (χ1n) is 14.8. The summed E-state index contributed by atoms with van der Waals surface area (Å²) in [5.74, 6) is 0.393. The van der Waals surface area contributed by atoms with Crippen LogP contribution in [0.3, 0.4) is 0 Å². The third kappa shape index (κ3) is 3.31. The van der Waals surface area contributed by atoms with Crippen LogP contribution in [0, 0.1) is 56.7 Å². The minimum Gasteiger partial charge on any atom is -0.481 e. The van der Waals surface area contributed by atoms with Crippen LogP contribution in [0.1, 0.15) is 106 Å². The number of fused-ring (bicyclic) bond motifs is 7. The second-order valence-corrected chi connectivity index (χ2v) is 15.2. The first-order chi connectivity index (χ1) is 17.1. The largest absolute Gasteiger partial charge is 0.481 e. The highest BCUT2D eigenvalue weighted by molar-refractivity contribution is 5.77. The lowest BCUT2D eigenvalue weighted by molar-refractivity contribution is -0.264. The fourth-order valence-corrected chi connectivity index (χ4v) is 12.0. The molecular formula is C32H50O5. The van der Waals surface area contributed by atoms with E-state index in [2.05, 4.69) is 48.1 Å². The first kappa shape index (κ1) is 27.2. The summed E-state index contributed by atoms with van der Waals surface area (Å²) in [5.41, 5.74) is -0.00275. The monoisotopic (exact) mass is 514 g/mol. The summed E-state index contributed by atoms with van der Waals surface area (Å²) in [5, 5.41) is 22.3. The zero-order chi connectivity index (χ0) is 27.3. The molecule has 5 aliphatic rings. The highest BCUT2D eigenvalue weighted by Gasteiger charge is 2.74. The van der Waals surface area contributed by atoms with Gasteiger partial charge in [-0.05, 0) is 111 Å². The predicted molar refractivity (Wildman–Crippen MR) is 144 cm³/mol. The van der Waals surface area contributed by atoms with Gasteiger partial charge in [-0.1, -0.05) is 46.8 Å². The van der Waals surface area contributed by atoms with Crippen molar-refractivity contribution in [1.29, 1.82) is 0 Å². The molecular weight excluding hydrogens is 464 g/mol. The van der Waals surface area contributed by atoms with Gasteiger partial charge >= 0.3 is 11.9 Å². The molecule has 0 bridgehead atoms. The number of hydrogen-bond donors (Lipinski definition) is 2. The number of aliphatic hydroxyl groups is 1. The Balaban J connectivity index is 1.55. The van der Waals surface area contributed by atoms with E-state index in [0.717, 1.165) is 50.5 Å². The normalized spacial score (nSPS) is 52.2. The lowest BCUT2D eigenvalue weighted by Gasteiger charge is -2.73. The predicted octanol–water partition coefficient (Wildman–Crippen LogP) is 6.63. The average molecular weight is 515 g/mol. The van der Waals surface area contributed by atoms with Crippen LogP contribution in [0.2, 0.25) is 0 Å². The maximum atomic E-state index is 12.9. The lowest BCUT2D eigenvalue weighted by atomic mass is 9.32. The molecule has 0 aromatic heterocycles. The van der Waals surface area contributed by atoms with E-state index in [9.17, 15) is 19.8 Å². The van der Waals surface area contributed by atoms with Crippen molar-refractivity contribution in [3.05, 3.63) is 12.2 Å². The van der Waals surface area contributed by atoms with Gasteiger partial charge in [0.1, 0.15) is 6.10 Å². The number of aliphatic carboxylic acids is 1. The average Bonchev–Trinajstić information content (AvgIpc) is 3.19. The Hall–Kier alpha value is -1.36. The third-order valence-electron chi connectivity index (χ3n) is 13.8. The number of ether oxygens (including phenoxy) is 1. The summed E-state index contributed by atoms with van der Waals surface area (Å²) >= 11 is 0. The number of carboxylic acid groups (broad SMARTS) is 1. The van der Waals surface area contributed by atoms with E-state index in [1.165, 1.54) is 6.92 Å². The van der Waals surface area contributed by atoms with Gasteiger partial charge in [0.2, 0.25) is 0 Å². The minimum atomic E-state index is -1.04. The number of esters is 1. The smallest absolute Gasteiger partial charge is 0.312 e. The Bertz CT molecular complexity index is 1000. The molecule has 11 unspecified atom stereocenters. The van der Waals surface area contributed by atoms with Crippen LogP contribution in [0.15, 0.2) is 12.2 Å². The number of allylic oxidation sites excluding steroid dienone is 1. The van der Waals surface area contributed by atoms with Crippen molar-refractivity contribution in [2.45, 2.75) is 118 Å². The standard InChI is InChI=1S/C32H50O5/c1-18(2)20-11-16-32(27(35)36)24(34)17-31(8)21(26(20)32)9-10-23-29(6)14-13-25(37-19(3)33)28(4,5)22(29)12-15-30(23,31)7/h20-26,34H,1,9-17H2,2-8H3,(H,35,36). The van der Waals surface area contributed by atoms with Crippen LogP contribution in [0.25, 0.3) is 0 Å². The van der Waals surface area contributed by atoms with E-state index < -0.39 is 17.5 Å². The fourth-order valence-electron chi connectivity index (χ4n) is 12.0. The summed E-state index contributed by atoms with van der Waals surface area (Å²) < 4.78 is 5.86. The molecule has 0 saturated heterocycles. The third-order valence-corrected chi connectivity index (χ3v) is 13.8. The Labute approximate surface area is 223 Å². The van der Waals surface area contributed by atoms with Crippen LogP contribution >= 0.6 is 0 Å². The number of carboxylic acids is 1. The molecule has 5 heteroatoms. The van der Waals surface area contributed by atoms with E-state index in [4.69, 9.17) is 4.74 Å². The molecule has 0 radical (unpaired) electrons. The van der Waals surface area contributed by atoms with Gasteiger partial charge in [0.15, 0.2) is 0 Å². The number of carbonyl (C=O) groups excluding carboxylic acids is 1. The zero-order valence-corrected chi connectivity index (χ0v) is 24.2. The van der Waals surface area contributed by atoms with Crippen LogP contribution in [-0.4, -0.2) is 34.4 Å². The second kappa shape index (κ2) is 8.32. The van der Waals surface area contributed by atoms with Gasteiger partial charge < -0.3 is 14.9 Å². The summed E-state index contributed by atoms with van der Waals surface area (Å²) in [7, 11) is 0. The van der Waals surface area contributed by atoms with Crippen LogP contribution in [0.4, 0.5) is 0 Å². The molecule has 0 heterocycles. The molecule has 2 N–H and O–H groups in total. The number of hydrogen-bond acceptors (Lipinski definition) is 4. The molecule has 37 heavy (non-hydrogen) atoms. The van der Waals surface area contributed by atoms with Crippen molar-refractivity contribution in [2.75, 3.05) is 0 Å². The lowest BCUT2D eigenvalue weighted by Crippen LogP contribution is -2.69.